The number of carboxylic acid groups (broad SMARTS) is 1. The summed E-state index contributed by atoms with van der Waals surface area (Å²) < 4.78 is 6.10. The van der Waals surface area contributed by atoms with E-state index in [1.165, 1.54) is 18.3 Å². The van der Waals surface area contributed by atoms with E-state index >= 15 is 0 Å². The number of aliphatic hydroxyl groups excluding tert-OH is 1. The summed E-state index contributed by atoms with van der Waals surface area (Å²) in [6.07, 6.45) is 5.77. The molecule has 32 heavy (non-hydrogen) atoms. The number of aromatic nitrogens is 3. The number of carbonyl (C=O) groups excluding carboxylic acids is 1. The molecule has 5 N–H and O–H groups in total. The SMILES string of the molecule is C[C@@]1(NC(=O)c2ccc(O)cn2)CCOC2(CCN(Cc3cnc[nH]3)CC2)[C@H]1O.O=CO. The van der Waals surface area contributed by atoms with Crippen LogP contribution in [0.15, 0.2) is 30.9 Å². The number of likely N-dealkylation sites (tertiary alicyclic amines) is 1. The van der Waals surface area contributed by atoms with Crippen molar-refractivity contribution < 1.29 is 29.6 Å². The summed E-state index contributed by atoms with van der Waals surface area (Å²) in [6, 6.07) is 2.88. The number of piperidine rings is 1. The first kappa shape index (κ1) is 23.6. The Bertz CT molecular complexity index is 883. The predicted octanol–water partition coefficient (Wildman–Crippen LogP) is 0.516. The molecule has 0 radical (unpaired) electrons. The highest BCUT2D eigenvalue weighted by Gasteiger charge is 2.53. The van der Waals surface area contributed by atoms with E-state index in [1.54, 1.807) is 6.33 Å². The van der Waals surface area contributed by atoms with E-state index in [1.807, 2.05) is 13.1 Å². The molecule has 1 spiro atoms. The minimum atomic E-state index is -0.834. The van der Waals surface area contributed by atoms with Gasteiger partial charge >= 0.3 is 0 Å². The van der Waals surface area contributed by atoms with Gasteiger partial charge in [0.2, 0.25) is 0 Å². The van der Waals surface area contributed by atoms with E-state index in [-0.39, 0.29) is 23.8 Å². The number of ether oxygens (including phenoxy) is 1. The molecule has 0 aliphatic carbocycles. The van der Waals surface area contributed by atoms with Crippen molar-refractivity contribution in [3.8, 4) is 5.75 Å². The Kier molecular flexibility index (Phi) is 7.44. The average Bonchev–Trinajstić information content (AvgIpc) is 3.28. The molecule has 174 valence electrons. The lowest BCUT2D eigenvalue weighted by Crippen LogP contribution is -2.69. The number of nitrogens with zero attached hydrogens (tertiary/aromatic N) is 3. The maximum Gasteiger partial charge on any atom is 0.290 e. The Morgan fingerprint density at radius 1 is 1.34 bits per heavy atom. The second-order valence-electron chi connectivity index (χ2n) is 8.30. The van der Waals surface area contributed by atoms with E-state index in [4.69, 9.17) is 14.6 Å². The quantitative estimate of drug-likeness (QED) is 0.421. The van der Waals surface area contributed by atoms with Crippen molar-refractivity contribution >= 4 is 12.4 Å². The van der Waals surface area contributed by atoms with E-state index in [9.17, 15) is 15.0 Å². The van der Waals surface area contributed by atoms with Crippen LogP contribution in [0.4, 0.5) is 0 Å². The van der Waals surface area contributed by atoms with E-state index in [0.717, 1.165) is 25.3 Å². The van der Waals surface area contributed by atoms with Crippen LogP contribution in [0.1, 0.15) is 42.4 Å². The Morgan fingerprint density at radius 3 is 2.66 bits per heavy atom. The number of hydrogen-bond acceptors (Lipinski definition) is 8. The normalized spacial score (nSPS) is 24.9. The van der Waals surface area contributed by atoms with Crippen LogP contribution in [0.3, 0.4) is 0 Å². The van der Waals surface area contributed by atoms with Gasteiger partial charge in [0.05, 0.1) is 23.7 Å². The van der Waals surface area contributed by atoms with Gasteiger partial charge in [-0.2, -0.15) is 0 Å². The first-order valence-corrected chi connectivity index (χ1v) is 10.4. The largest absolute Gasteiger partial charge is 0.506 e. The molecule has 0 bridgehead atoms. The second-order valence-corrected chi connectivity index (χ2v) is 8.30. The summed E-state index contributed by atoms with van der Waals surface area (Å²) in [4.78, 5) is 34.4. The standard InChI is InChI=1S/C20H27N5O4.CH2O2/c1-19(24-17(27)16-3-2-15(26)11-22-16)6-9-29-20(18(19)28)4-7-25(8-5-20)12-14-10-21-13-23-14;2-1-3/h2-3,10-11,13,18,26,28H,4-9,12H2,1H3,(H,21,23)(H,24,27);1H,(H,2,3)/t18-,19+;/m0./s1. The van der Waals surface area contributed by atoms with Crippen molar-refractivity contribution in [3.63, 3.8) is 0 Å². The Hall–Kier alpha value is -3.02. The highest BCUT2D eigenvalue weighted by atomic mass is 16.5. The minimum Gasteiger partial charge on any atom is -0.506 e. The third-order valence-corrected chi connectivity index (χ3v) is 6.14. The lowest BCUT2D eigenvalue weighted by atomic mass is 9.73. The summed E-state index contributed by atoms with van der Waals surface area (Å²) in [5, 5.41) is 30.5. The van der Waals surface area contributed by atoms with Crippen LogP contribution < -0.4 is 5.32 Å². The van der Waals surface area contributed by atoms with E-state index in [0.29, 0.717) is 25.9 Å². The monoisotopic (exact) mass is 447 g/mol. The van der Waals surface area contributed by atoms with Gasteiger partial charge < -0.3 is 30.4 Å². The van der Waals surface area contributed by atoms with Gasteiger partial charge in [-0.25, -0.2) is 9.97 Å². The molecule has 4 rings (SSSR count). The molecule has 2 aromatic heterocycles. The van der Waals surface area contributed by atoms with Gasteiger partial charge in [-0.05, 0) is 38.3 Å². The summed E-state index contributed by atoms with van der Waals surface area (Å²) in [7, 11) is 0. The third kappa shape index (κ3) is 5.23. The Labute approximate surface area is 185 Å². The molecule has 2 atom stereocenters. The van der Waals surface area contributed by atoms with Crippen LogP contribution in [0.2, 0.25) is 0 Å². The number of pyridine rings is 1. The zero-order valence-electron chi connectivity index (χ0n) is 17.9. The summed E-state index contributed by atoms with van der Waals surface area (Å²) >= 11 is 0. The highest BCUT2D eigenvalue weighted by molar-refractivity contribution is 5.92. The van der Waals surface area contributed by atoms with Crippen LogP contribution in [0, 0.1) is 0 Å². The van der Waals surface area contributed by atoms with Crippen molar-refractivity contribution in [1.29, 1.82) is 0 Å². The van der Waals surface area contributed by atoms with Crippen molar-refractivity contribution in [2.75, 3.05) is 19.7 Å². The Morgan fingerprint density at radius 2 is 2.06 bits per heavy atom. The molecular formula is C21H29N5O6. The zero-order valence-corrected chi connectivity index (χ0v) is 17.9. The Balaban J connectivity index is 0.000000913. The lowest BCUT2D eigenvalue weighted by Gasteiger charge is -2.53. The fourth-order valence-corrected chi connectivity index (χ4v) is 4.36. The summed E-state index contributed by atoms with van der Waals surface area (Å²) in [6.45, 7) is 4.45. The van der Waals surface area contributed by atoms with Crippen molar-refractivity contribution in [2.45, 2.75) is 50.0 Å². The third-order valence-electron chi connectivity index (χ3n) is 6.14. The topological polar surface area (TPSA) is 161 Å². The van der Waals surface area contributed by atoms with Gasteiger partial charge in [0.1, 0.15) is 17.5 Å². The van der Waals surface area contributed by atoms with Crippen molar-refractivity contribution in [2.24, 2.45) is 0 Å². The molecule has 0 unspecified atom stereocenters. The van der Waals surface area contributed by atoms with Crippen LogP contribution in [0.25, 0.3) is 0 Å². The number of aromatic amines is 1. The van der Waals surface area contributed by atoms with Crippen LogP contribution in [-0.4, -0.2) is 84.5 Å². The second kappa shape index (κ2) is 10.1. The van der Waals surface area contributed by atoms with Gasteiger partial charge in [-0.15, -0.1) is 0 Å². The average molecular weight is 447 g/mol. The van der Waals surface area contributed by atoms with Crippen LogP contribution >= 0.6 is 0 Å². The van der Waals surface area contributed by atoms with Crippen molar-refractivity contribution in [3.05, 3.63) is 42.2 Å². The molecule has 11 nitrogen and oxygen atoms in total. The zero-order chi connectivity index (χ0) is 23.2. The number of nitrogens with one attached hydrogen (secondary N) is 2. The first-order valence-electron chi connectivity index (χ1n) is 10.4. The van der Waals surface area contributed by atoms with Gasteiger partial charge in [-0.1, -0.05) is 0 Å². The van der Waals surface area contributed by atoms with Gasteiger partial charge in [0.25, 0.3) is 12.4 Å². The van der Waals surface area contributed by atoms with Crippen LogP contribution in [0.5, 0.6) is 5.75 Å². The van der Waals surface area contributed by atoms with Gasteiger partial charge in [0, 0.05) is 38.1 Å². The first-order chi connectivity index (χ1) is 15.3. The van der Waals surface area contributed by atoms with Gasteiger partial charge in [-0.3, -0.25) is 14.5 Å². The van der Waals surface area contributed by atoms with E-state index < -0.39 is 17.2 Å². The maximum absolute atomic E-state index is 12.7. The molecule has 0 saturated carbocycles. The van der Waals surface area contributed by atoms with E-state index in [2.05, 4.69) is 25.2 Å². The fourth-order valence-electron chi connectivity index (χ4n) is 4.36. The lowest BCUT2D eigenvalue weighted by molar-refractivity contribution is -0.206. The number of rotatable bonds is 4. The number of imidazole rings is 1. The molecule has 2 saturated heterocycles. The molecule has 2 aliphatic heterocycles. The molecule has 11 heteroatoms. The minimum absolute atomic E-state index is 0.000273. The number of aromatic hydroxyl groups is 1. The maximum atomic E-state index is 12.7. The molecule has 1 amide bonds. The number of H-pyrrole nitrogens is 1. The van der Waals surface area contributed by atoms with Gasteiger partial charge in [0.15, 0.2) is 0 Å². The van der Waals surface area contributed by atoms with Crippen LogP contribution in [-0.2, 0) is 16.1 Å². The summed E-state index contributed by atoms with van der Waals surface area (Å²) in [5.74, 6) is -0.375. The molecule has 4 heterocycles. The molecule has 2 fully saturated rings. The smallest absolute Gasteiger partial charge is 0.290 e. The summed E-state index contributed by atoms with van der Waals surface area (Å²) in [5.41, 5.74) is -0.233. The molecule has 2 aliphatic rings. The number of aliphatic hydroxyl groups is 1. The predicted molar refractivity (Wildman–Crippen MR) is 113 cm³/mol. The number of hydrogen-bond donors (Lipinski definition) is 5. The number of carbonyl (C=O) groups is 2. The molecule has 0 aromatic carbocycles. The van der Waals surface area contributed by atoms with Crippen molar-refractivity contribution in [1.82, 2.24) is 25.2 Å². The fraction of sp³-hybridized carbons (Fsp3) is 0.524. The molecular weight excluding hydrogens is 418 g/mol. The highest BCUT2D eigenvalue weighted by Crippen LogP contribution is 2.40. The molecule has 2 aromatic rings. The number of amides is 1.